The van der Waals surface area contributed by atoms with Gasteiger partial charge in [0.15, 0.2) is 0 Å². The molecule has 92 valence electrons. The quantitative estimate of drug-likeness (QED) is 0.760. The van der Waals surface area contributed by atoms with Gasteiger partial charge in [-0.2, -0.15) is 0 Å². The van der Waals surface area contributed by atoms with Gasteiger partial charge in [-0.15, -0.1) is 6.58 Å². The summed E-state index contributed by atoms with van der Waals surface area (Å²) in [5.74, 6) is 0. The summed E-state index contributed by atoms with van der Waals surface area (Å²) >= 11 is 0. The molecule has 17 heavy (non-hydrogen) atoms. The lowest BCUT2D eigenvalue weighted by molar-refractivity contribution is 0.311. The molecular weight excluding hydrogens is 206 g/mol. The largest absolute Gasteiger partial charge is 0.316 e. The summed E-state index contributed by atoms with van der Waals surface area (Å²) in [5, 5.41) is 3.51. The topological polar surface area (TPSA) is 12.0 Å². The minimum absolute atomic E-state index is 0.324. The summed E-state index contributed by atoms with van der Waals surface area (Å²) in [6.07, 6.45) is 8.40. The van der Waals surface area contributed by atoms with E-state index in [0.717, 1.165) is 6.42 Å². The van der Waals surface area contributed by atoms with Crippen molar-refractivity contribution < 1.29 is 0 Å². The Labute approximate surface area is 105 Å². The van der Waals surface area contributed by atoms with E-state index in [1.807, 2.05) is 6.08 Å². The lowest BCUT2D eigenvalue weighted by Gasteiger charge is -2.38. The number of nitrogens with one attached hydrogen (secondary N) is 1. The average Bonchev–Trinajstić information content (AvgIpc) is 2.87. The van der Waals surface area contributed by atoms with Gasteiger partial charge in [-0.3, -0.25) is 0 Å². The minimum Gasteiger partial charge on any atom is -0.316 e. The van der Waals surface area contributed by atoms with Crippen LogP contribution in [0.3, 0.4) is 0 Å². The van der Waals surface area contributed by atoms with E-state index in [1.54, 1.807) is 0 Å². The minimum atomic E-state index is 0.324. The molecule has 1 saturated carbocycles. The average molecular weight is 229 g/mol. The van der Waals surface area contributed by atoms with Crippen molar-refractivity contribution in [3.63, 3.8) is 0 Å². The molecule has 1 atom stereocenters. The van der Waals surface area contributed by atoms with Crippen molar-refractivity contribution >= 4 is 0 Å². The van der Waals surface area contributed by atoms with Crippen LogP contribution in [0.25, 0.3) is 0 Å². The maximum Gasteiger partial charge on any atom is 0.0195 e. The van der Waals surface area contributed by atoms with Crippen LogP contribution in [0.5, 0.6) is 0 Å². The molecule has 1 aliphatic carbocycles. The van der Waals surface area contributed by atoms with Gasteiger partial charge in [0.1, 0.15) is 0 Å². The Morgan fingerprint density at radius 1 is 1.29 bits per heavy atom. The second-order valence-electron chi connectivity index (χ2n) is 5.09. The molecule has 0 heterocycles. The van der Waals surface area contributed by atoms with Crippen molar-refractivity contribution in [2.75, 3.05) is 7.05 Å². The van der Waals surface area contributed by atoms with Crippen molar-refractivity contribution in [2.24, 2.45) is 0 Å². The van der Waals surface area contributed by atoms with E-state index >= 15 is 0 Å². The van der Waals surface area contributed by atoms with E-state index in [4.69, 9.17) is 0 Å². The second kappa shape index (κ2) is 5.50. The Hall–Kier alpha value is -1.08. The number of hydrogen-bond donors (Lipinski definition) is 1. The molecule has 1 nitrogen and oxygen atoms in total. The SMILES string of the molecule is C=CCC(NC)C1(c2ccccc2)CCCC1. The van der Waals surface area contributed by atoms with Gasteiger partial charge in [0, 0.05) is 11.5 Å². The van der Waals surface area contributed by atoms with Gasteiger partial charge in [-0.05, 0) is 31.9 Å². The standard InChI is InChI=1S/C16H23N/c1-3-9-15(17-2)16(12-7-8-13-16)14-10-5-4-6-11-14/h3-6,10-11,15,17H,1,7-9,12-13H2,2H3. The van der Waals surface area contributed by atoms with E-state index in [0.29, 0.717) is 11.5 Å². The molecular formula is C16H23N. The molecule has 0 saturated heterocycles. The molecule has 1 aliphatic rings. The van der Waals surface area contributed by atoms with Gasteiger partial charge in [0.2, 0.25) is 0 Å². The fraction of sp³-hybridized carbons (Fsp3) is 0.500. The summed E-state index contributed by atoms with van der Waals surface area (Å²) in [5.41, 5.74) is 1.82. The third-order valence-electron chi connectivity index (χ3n) is 4.26. The van der Waals surface area contributed by atoms with Crippen LogP contribution in [0.1, 0.15) is 37.7 Å². The lowest BCUT2D eigenvalue weighted by atomic mass is 9.71. The summed E-state index contributed by atoms with van der Waals surface area (Å²) in [6.45, 7) is 3.90. The van der Waals surface area contributed by atoms with Crippen molar-refractivity contribution in [1.82, 2.24) is 5.32 Å². The molecule has 1 aromatic rings. The van der Waals surface area contributed by atoms with E-state index in [-0.39, 0.29) is 0 Å². The number of rotatable bonds is 5. The molecule has 0 aliphatic heterocycles. The predicted molar refractivity (Wildman–Crippen MR) is 74.2 cm³/mol. The maximum absolute atomic E-state index is 3.90. The van der Waals surface area contributed by atoms with E-state index in [9.17, 15) is 0 Å². The Morgan fingerprint density at radius 3 is 2.47 bits per heavy atom. The first-order valence-electron chi connectivity index (χ1n) is 6.67. The van der Waals surface area contributed by atoms with Crippen molar-refractivity contribution in [1.29, 1.82) is 0 Å². The normalized spacial score (nSPS) is 20.1. The highest BCUT2D eigenvalue weighted by Crippen LogP contribution is 2.44. The molecule has 1 heteroatoms. The van der Waals surface area contributed by atoms with Crippen LogP contribution in [0, 0.1) is 0 Å². The van der Waals surface area contributed by atoms with Gasteiger partial charge in [0.05, 0.1) is 0 Å². The molecule has 1 N–H and O–H groups in total. The number of benzene rings is 1. The van der Waals surface area contributed by atoms with Gasteiger partial charge >= 0.3 is 0 Å². The summed E-state index contributed by atoms with van der Waals surface area (Å²) in [4.78, 5) is 0. The van der Waals surface area contributed by atoms with Gasteiger partial charge < -0.3 is 5.32 Å². The fourth-order valence-electron chi connectivity index (χ4n) is 3.40. The van der Waals surface area contributed by atoms with Crippen molar-refractivity contribution in [3.8, 4) is 0 Å². The Bertz CT molecular complexity index is 349. The lowest BCUT2D eigenvalue weighted by Crippen LogP contribution is -2.45. The highest BCUT2D eigenvalue weighted by Gasteiger charge is 2.41. The van der Waals surface area contributed by atoms with Gasteiger partial charge in [0.25, 0.3) is 0 Å². The Morgan fingerprint density at radius 2 is 1.94 bits per heavy atom. The first kappa shape index (κ1) is 12.4. The van der Waals surface area contributed by atoms with Crippen molar-refractivity contribution in [3.05, 3.63) is 48.6 Å². The zero-order valence-electron chi connectivity index (χ0n) is 10.8. The van der Waals surface area contributed by atoms with Crippen LogP contribution in [0.4, 0.5) is 0 Å². The molecule has 2 rings (SSSR count). The Balaban J connectivity index is 2.35. The molecule has 0 amide bonds. The summed E-state index contributed by atoms with van der Waals surface area (Å²) < 4.78 is 0. The summed E-state index contributed by atoms with van der Waals surface area (Å²) in [6, 6.07) is 11.5. The van der Waals surface area contributed by atoms with Crippen LogP contribution >= 0.6 is 0 Å². The van der Waals surface area contributed by atoms with Crippen molar-refractivity contribution in [2.45, 2.75) is 43.6 Å². The molecule has 1 unspecified atom stereocenters. The first-order valence-corrected chi connectivity index (χ1v) is 6.67. The first-order chi connectivity index (χ1) is 8.33. The van der Waals surface area contributed by atoms with Crippen LogP contribution in [0.15, 0.2) is 43.0 Å². The molecule has 0 bridgehead atoms. The van der Waals surface area contributed by atoms with Crippen LogP contribution < -0.4 is 5.32 Å². The maximum atomic E-state index is 3.90. The van der Waals surface area contributed by atoms with Crippen LogP contribution in [-0.4, -0.2) is 13.1 Å². The highest BCUT2D eigenvalue weighted by atomic mass is 14.9. The number of hydrogen-bond acceptors (Lipinski definition) is 1. The van der Waals surface area contributed by atoms with Crippen LogP contribution in [0.2, 0.25) is 0 Å². The van der Waals surface area contributed by atoms with E-state index in [2.05, 4.69) is 49.3 Å². The highest BCUT2D eigenvalue weighted by molar-refractivity contribution is 5.29. The Kier molecular flexibility index (Phi) is 4.01. The smallest absolute Gasteiger partial charge is 0.0195 e. The summed E-state index contributed by atoms with van der Waals surface area (Å²) in [7, 11) is 2.08. The fourth-order valence-corrected chi connectivity index (χ4v) is 3.40. The van der Waals surface area contributed by atoms with E-state index in [1.165, 1.54) is 31.2 Å². The second-order valence-corrected chi connectivity index (χ2v) is 5.09. The molecule has 0 radical (unpaired) electrons. The molecule has 0 spiro atoms. The monoisotopic (exact) mass is 229 g/mol. The molecule has 1 fully saturated rings. The van der Waals surface area contributed by atoms with Crippen LogP contribution in [-0.2, 0) is 5.41 Å². The third kappa shape index (κ3) is 2.30. The molecule has 1 aromatic carbocycles. The predicted octanol–water partition coefficient (Wildman–Crippen LogP) is 3.66. The zero-order valence-corrected chi connectivity index (χ0v) is 10.8. The molecule has 0 aromatic heterocycles. The third-order valence-corrected chi connectivity index (χ3v) is 4.26. The van der Waals surface area contributed by atoms with Gasteiger partial charge in [-0.1, -0.05) is 49.2 Å². The zero-order chi connectivity index (χ0) is 12.1. The van der Waals surface area contributed by atoms with E-state index < -0.39 is 0 Å². The number of likely N-dealkylation sites (N-methyl/N-ethyl adjacent to an activating group) is 1. The van der Waals surface area contributed by atoms with Gasteiger partial charge in [-0.25, -0.2) is 0 Å².